The molecule has 1 saturated heterocycles. The smallest absolute Gasteiger partial charge is 0.319 e. The number of aliphatic hydroxyl groups is 1. The van der Waals surface area contributed by atoms with Crippen LogP contribution in [-0.4, -0.2) is 35.7 Å². The van der Waals surface area contributed by atoms with Gasteiger partial charge in [-0.2, -0.15) is 0 Å². The van der Waals surface area contributed by atoms with Crippen molar-refractivity contribution in [3.8, 4) is 22.6 Å². The Morgan fingerprint density at radius 3 is 2.09 bits per heavy atom. The summed E-state index contributed by atoms with van der Waals surface area (Å²) in [4.78, 5) is 15.0. The van der Waals surface area contributed by atoms with Crippen LogP contribution >= 0.6 is 0 Å². The summed E-state index contributed by atoms with van der Waals surface area (Å²) in [6.45, 7) is 1.97. The molecule has 2 amide bonds. The van der Waals surface area contributed by atoms with E-state index in [0.717, 1.165) is 58.6 Å². The van der Waals surface area contributed by atoms with Crippen molar-refractivity contribution < 1.29 is 24.1 Å². The maximum absolute atomic E-state index is 12.7. The first kappa shape index (κ1) is 36.6. The zero-order valence-corrected chi connectivity index (χ0v) is 30.3. The summed E-state index contributed by atoms with van der Waals surface area (Å²) in [5.74, 6) is 1.45. The van der Waals surface area contributed by atoms with E-state index in [9.17, 15) is 9.90 Å². The zero-order valence-electron chi connectivity index (χ0n) is 30.3. The highest BCUT2D eigenvalue weighted by atomic mass is 16.7. The van der Waals surface area contributed by atoms with Crippen LogP contribution in [0.25, 0.3) is 11.1 Å². The van der Waals surface area contributed by atoms with Crippen molar-refractivity contribution >= 4 is 11.7 Å². The van der Waals surface area contributed by atoms with Crippen molar-refractivity contribution in [2.24, 2.45) is 0 Å². The Bertz CT molecular complexity index is 2070. The number of likely N-dealkylation sites (N-methyl/N-ethyl adjacent to an activating group) is 1. The summed E-state index contributed by atoms with van der Waals surface area (Å²) in [7, 11) is 2.12. The summed E-state index contributed by atoms with van der Waals surface area (Å²) in [6, 6.07) is 51.4. The Hall–Kier alpha value is -5.77. The molecule has 0 aliphatic carbocycles. The van der Waals surface area contributed by atoms with Crippen LogP contribution in [0.3, 0.4) is 0 Å². The molecule has 6 aromatic carbocycles. The molecule has 54 heavy (non-hydrogen) atoms. The molecule has 1 aliphatic heterocycles. The largest absolute Gasteiger partial charge is 0.457 e. The Labute approximate surface area is 317 Å². The first-order valence-electron chi connectivity index (χ1n) is 18.3. The molecule has 274 valence electrons. The second kappa shape index (κ2) is 17.8. The molecule has 3 N–H and O–H groups in total. The third-order valence-electron chi connectivity index (χ3n) is 9.41. The fraction of sp³-hybridized carbons (Fsp3) is 0.196. The van der Waals surface area contributed by atoms with Gasteiger partial charge in [0.15, 0.2) is 6.29 Å². The van der Waals surface area contributed by atoms with E-state index in [1.165, 1.54) is 5.56 Å². The summed E-state index contributed by atoms with van der Waals surface area (Å²) in [5.41, 5.74) is 7.89. The molecule has 0 spiro atoms. The molecule has 7 rings (SSSR count). The average molecular weight is 720 g/mol. The van der Waals surface area contributed by atoms with Crippen LogP contribution in [0.5, 0.6) is 11.5 Å². The highest BCUT2D eigenvalue weighted by molar-refractivity contribution is 5.89. The van der Waals surface area contributed by atoms with Gasteiger partial charge in [-0.25, -0.2) is 4.79 Å². The number of nitrogens with one attached hydrogen (secondary N) is 2. The van der Waals surface area contributed by atoms with E-state index in [1.54, 1.807) is 0 Å². The number of ether oxygens (including phenoxy) is 3. The third kappa shape index (κ3) is 10.0. The molecule has 0 radical (unpaired) electrons. The number of anilines is 1. The van der Waals surface area contributed by atoms with Gasteiger partial charge >= 0.3 is 6.03 Å². The van der Waals surface area contributed by atoms with Crippen LogP contribution in [0.2, 0.25) is 0 Å². The molecular weight excluding hydrogens is 675 g/mol. The zero-order chi connectivity index (χ0) is 37.1. The van der Waals surface area contributed by atoms with E-state index >= 15 is 0 Å². The van der Waals surface area contributed by atoms with Crippen molar-refractivity contribution in [3.63, 3.8) is 0 Å². The number of hydrogen-bond donors (Lipinski definition) is 3. The first-order valence-corrected chi connectivity index (χ1v) is 18.3. The standard InChI is InChI=1S/C46H45N3O5/c1-49(30-33-9-4-2-5-10-33)31-43-28-44(37-17-15-34(32-50)16-18-37)54-45(53-43)38-21-19-36(20-22-38)39-12-8-11-35(27-39)29-47-46(51)48-40-23-25-42(26-24-40)52-41-13-6-3-7-14-41/h2-27,43-45,50H,28-32H2,1H3,(H2,47,48,51)/t43-,44+,45+/m0/s1. The van der Waals surface area contributed by atoms with Gasteiger partial charge in [0.1, 0.15) is 11.5 Å². The van der Waals surface area contributed by atoms with Crippen molar-refractivity contribution in [2.75, 3.05) is 18.9 Å². The van der Waals surface area contributed by atoms with Gasteiger partial charge in [-0.3, -0.25) is 4.90 Å². The van der Waals surface area contributed by atoms with Gasteiger partial charge in [-0.05, 0) is 82.9 Å². The molecule has 0 aromatic heterocycles. The maximum atomic E-state index is 12.7. The normalized spacial score (nSPS) is 16.8. The lowest BCUT2D eigenvalue weighted by Gasteiger charge is -2.38. The summed E-state index contributed by atoms with van der Waals surface area (Å²) in [6.07, 6.45) is -0.0112. The highest BCUT2D eigenvalue weighted by Gasteiger charge is 2.32. The van der Waals surface area contributed by atoms with E-state index in [2.05, 4.69) is 83.2 Å². The van der Waals surface area contributed by atoms with Crippen LogP contribution in [0, 0.1) is 0 Å². The quantitative estimate of drug-likeness (QED) is 0.110. The van der Waals surface area contributed by atoms with Gasteiger partial charge in [0.2, 0.25) is 0 Å². The molecular formula is C46H45N3O5. The van der Waals surface area contributed by atoms with E-state index in [1.807, 2.05) is 97.1 Å². The van der Waals surface area contributed by atoms with Gasteiger partial charge in [-0.15, -0.1) is 0 Å². The molecule has 0 bridgehead atoms. The fourth-order valence-electron chi connectivity index (χ4n) is 6.62. The first-order chi connectivity index (χ1) is 26.5. The molecule has 6 aromatic rings. The number of nitrogens with zero attached hydrogens (tertiary/aromatic N) is 1. The molecule has 8 heteroatoms. The van der Waals surface area contributed by atoms with Crippen molar-refractivity contribution in [3.05, 3.63) is 186 Å². The Kier molecular flexibility index (Phi) is 12.1. The van der Waals surface area contributed by atoms with Gasteiger partial charge in [0.25, 0.3) is 0 Å². The topological polar surface area (TPSA) is 92.3 Å². The lowest BCUT2D eigenvalue weighted by Crippen LogP contribution is -2.37. The van der Waals surface area contributed by atoms with Gasteiger partial charge in [0.05, 0.1) is 18.8 Å². The van der Waals surface area contributed by atoms with E-state index < -0.39 is 6.29 Å². The molecule has 1 fully saturated rings. The van der Waals surface area contributed by atoms with Crippen LogP contribution < -0.4 is 15.4 Å². The number of hydrogen-bond acceptors (Lipinski definition) is 6. The van der Waals surface area contributed by atoms with Crippen molar-refractivity contribution in [1.29, 1.82) is 0 Å². The SMILES string of the molecule is CN(Cc1ccccc1)C[C@@H]1C[C@H](c2ccc(CO)cc2)O[C@H](c2ccc(-c3cccc(CNC(=O)Nc4ccc(Oc5ccccc5)cc4)c3)cc2)O1. The number of rotatable bonds is 13. The second-order valence-corrected chi connectivity index (χ2v) is 13.6. The minimum Gasteiger partial charge on any atom is -0.457 e. The maximum Gasteiger partial charge on any atom is 0.319 e. The number of aliphatic hydroxyl groups excluding tert-OH is 1. The number of carbonyl (C=O) groups is 1. The summed E-state index contributed by atoms with van der Waals surface area (Å²) >= 11 is 0. The molecule has 3 atom stereocenters. The van der Waals surface area contributed by atoms with Gasteiger partial charge in [-0.1, -0.05) is 115 Å². The number of amides is 2. The summed E-state index contributed by atoms with van der Waals surface area (Å²) in [5, 5.41) is 15.4. The number of urea groups is 1. The van der Waals surface area contributed by atoms with Crippen molar-refractivity contribution in [2.45, 2.75) is 44.6 Å². The minimum absolute atomic E-state index is 0.00710. The number of carbonyl (C=O) groups excluding carboxylic acids is 1. The fourth-order valence-corrected chi connectivity index (χ4v) is 6.62. The Balaban J connectivity index is 0.972. The third-order valence-corrected chi connectivity index (χ3v) is 9.41. The van der Waals surface area contributed by atoms with E-state index in [4.69, 9.17) is 14.2 Å². The van der Waals surface area contributed by atoms with Crippen LogP contribution in [0.15, 0.2) is 158 Å². The number of para-hydroxylation sites is 1. The van der Waals surface area contributed by atoms with Crippen LogP contribution in [-0.2, 0) is 29.2 Å². The molecule has 0 saturated carbocycles. The highest BCUT2D eigenvalue weighted by Crippen LogP contribution is 2.39. The van der Waals surface area contributed by atoms with Gasteiger partial charge < -0.3 is 30.0 Å². The van der Waals surface area contributed by atoms with Crippen molar-refractivity contribution in [1.82, 2.24) is 10.2 Å². The Morgan fingerprint density at radius 2 is 1.37 bits per heavy atom. The second-order valence-electron chi connectivity index (χ2n) is 13.6. The molecule has 8 nitrogen and oxygen atoms in total. The predicted octanol–water partition coefficient (Wildman–Crippen LogP) is 9.64. The van der Waals surface area contributed by atoms with Crippen LogP contribution in [0.4, 0.5) is 10.5 Å². The average Bonchev–Trinajstić information content (AvgIpc) is 3.21. The van der Waals surface area contributed by atoms with Gasteiger partial charge in [0, 0.05) is 37.3 Å². The van der Waals surface area contributed by atoms with Crippen LogP contribution in [0.1, 0.15) is 46.6 Å². The van der Waals surface area contributed by atoms with E-state index in [0.29, 0.717) is 18.0 Å². The number of benzene rings is 6. The van der Waals surface area contributed by atoms with E-state index in [-0.39, 0.29) is 24.8 Å². The lowest BCUT2D eigenvalue weighted by atomic mass is 9.99. The molecule has 1 heterocycles. The summed E-state index contributed by atoms with van der Waals surface area (Å²) < 4.78 is 19.1. The molecule has 0 unspecified atom stereocenters. The minimum atomic E-state index is -0.535. The monoisotopic (exact) mass is 719 g/mol. The Morgan fingerprint density at radius 1 is 0.704 bits per heavy atom. The lowest BCUT2D eigenvalue weighted by molar-refractivity contribution is -0.252. The molecule has 1 aliphatic rings. The predicted molar refractivity (Wildman–Crippen MR) is 212 cm³/mol.